The van der Waals surface area contributed by atoms with Gasteiger partial charge in [0.05, 0.1) is 0 Å². The average molecular weight is 192 g/mol. The zero-order valence-corrected chi connectivity index (χ0v) is 9.54. The third-order valence-electron chi connectivity index (χ3n) is 2.16. The maximum absolute atomic E-state index is 5.80. The number of alkyl halides is 1. The lowest BCUT2D eigenvalue weighted by atomic mass is 9.96. The molecule has 0 radical (unpaired) electrons. The fourth-order valence-corrected chi connectivity index (χ4v) is 0.943. The smallest absolute Gasteiger partial charge is 0.0286 e. The SMILES string of the molecule is CCC(C)CNCC(C)(C)CCl. The summed E-state index contributed by atoms with van der Waals surface area (Å²) in [7, 11) is 0. The molecule has 0 aromatic rings. The van der Waals surface area contributed by atoms with Crippen molar-refractivity contribution < 1.29 is 0 Å². The first-order valence-corrected chi connectivity index (χ1v) is 5.32. The van der Waals surface area contributed by atoms with Crippen molar-refractivity contribution in [3.05, 3.63) is 0 Å². The molecule has 0 aromatic carbocycles. The molecule has 12 heavy (non-hydrogen) atoms. The standard InChI is InChI=1S/C10H22ClN/c1-5-9(2)6-12-8-10(3,4)7-11/h9,12H,5-8H2,1-4H3. The van der Waals surface area contributed by atoms with E-state index >= 15 is 0 Å². The Labute approximate surface area is 81.9 Å². The highest BCUT2D eigenvalue weighted by atomic mass is 35.5. The fourth-order valence-electron chi connectivity index (χ4n) is 0.849. The summed E-state index contributed by atoms with van der Waals surface area (Å²) in [6.07, 6.45) is 1.24. The van der Waals surface area contributed by atoms with Crippen LogP contribution in [0.1, 0.15) is 34.1 Å². The van der Waals surface area contributed by atoms with Crippen LogP contribution in [0.25, 0.3) is 0 Å². The first kappa shape index (κ1) is 12.2. The molecule has 0 aliphatic rings. The van der Waals surface area contributed by atoms with Gasteiger partial charge in [0.25, 0.3) is 0 Å². The van der Waals surface area contributed by atoms with Gasteiger partial charge in [0.15, 0.2) is 0 Å². The molecule has 74 valence electrons. The zero-order chi connectivity index (χ0) is 9.61. The Bertz CT molecular complexity index is 112. The van der Waals surface area contributed by atoms with Crippen molar-refractivity contribution in [2.24, 2.45) is 11.3 Å². The van der Waals surface area contributed by atoms with Crippen LogP contribution in [-0.2, 0) is 0 Å². The maximum Gasteiger partial charge on any atom is 0.0286 e. The highest BCUT2D eigenvalue weighted by Gasteiger charge is 2.15. The van der Waals surface area contributed by atoms with Gasteiger partial charge in [-0.25, -0.2) is 0 Å². The molecule has 1 nitrogen and oxygen atoms in total. The summed E-state index contributed by atoms with van der Waals surface area (Å²) in [5.41, 5.74) is 0.231. The molecular formula is C10H22ClN. The summed E-state index contributed by atoms with van der Waals surface area (Å²) in [4.78, 5) is 0. The molecule has 0 rings (SSSR count). The molecule has 1 unspecified atom stereocenters. The van der Waals surface area contributed by atoms with E-state index in [1.807, 2.05) is 0 Å². The van der Waals surface area contributed by atoms with Crippen LogP contribution in [0, 0.1) is 11.3 Å². The normalized spacial score (nSPS) is 14.8. The Morgan fingerprint density at radius 2 is 2.00 bits per heavy atom. The van der Waals surface area contributed by atoms with Gasteiger partial charge in [-0.1, -0.05) is 34.1 Å². The van der Waals surface area contributed by atoms with Crippen molar-refractivity contribution in [3.63, 3.8) is 0 Å². The van der Waals surface area contributed by atoms with Gasteiger partial charge in [-0.3, -0.25) is 0 Å². The number of nitrogens with one attached hydrogen (secondary N) is 1. The highest BCUT2D eigenvalue weighted by molar-refractivity contribution is 6.18. The number of halogens is 1. The van der Waals surface area contributed by atoms with Crippen LogP contribution in [0.4, 0.5) is 0 Å². The van der Waals surface area contributed by atoms with Crippen LogP contribution in [0.2, 0.25) is 0 Å². The van der Waals surface area contributed by atoms with E-state index in [-0.39, 0.29) is 5.41 Å². The predicted molar refractivity (Wildman–Crippen MR) is 56.8 cm³/mol. The van der Waals surface area contributed by atoms with Crippen molar-refractivity contribution in [1.29, 1.82) is 0 Å². The average Bonchev–Trinajstić information content (AvgIpc) is 2.04. The summed E-state index contributed by atoms with van der Waals surface area (Å²) >= 11 is 5.80. The Kier molecular flexibility index (Phi) is 5.94. The Morgan fingerprint density at radius 1 is 1.42 bits per heavy atom. The van der Waals surface area contributed by atoms with Crippen molar-refractivity contribution in [3.8, 4) is 0 Å². The lowest BCUT2D eigenvalue weighted by Gasteiger charge is -2.22. The van der Waals surface area contributed by atoms with E-state index in [4.69, 9.17) is 11.6 Å². The second kappa shape index (κ2) is 5.82. The molecule has 0 amide bonds. The van der Waals surface area contributed by atoms with Crippen LogP contribution in [0.3, 0.4) is 0 Å². The van der Waals surface area contributed by atoms with Gasteiger partial charge in [-0.2, -0.15) is 0 Å². The summed E-state index contributed by atoms with van der Waals surface area (Å²) in [5, 5.41) is 3.44. The van der Waals surface area contributed by atoms with Crippen molar-refractivity contribution >= 4 is 11.6 Å². The Hall–Kier alpha value is 0.250. The van der Waals surface area contributed by atoms with Crippen LogP contribution in [-0.4, -0.2) is 19.0 Å². The minimum atomic E-state index is 0.231. The molecule has 0 spiro atoms. The molecule has 0 aliphatic carbocycles. The van der Waals surface area contributed by atoms with Gasteiger partial charge < -0.3 is 5.32 Å². The van der Waals surface area contributed by atoms with Gasteiger partial charge in [0.1, 0.15) is 0 Å². The van der Waals surface area contributed by atoms with Gasteiger partial charge in [0.2, 0.25) is 0 Å². The molecule has 0 bridgehead atoms. The summed E-state index contributed by atoms with van der Waals surface area (Å²) in [6, 6.07) is 0. The molecule has 0 aromatic heterocycles. The minimum Gasteiger partial charge on any atom is -0.316 e. The predicted octanol–water partition coefficient (Wildman–Crippen LogP) is 2.89. The fraction of sp³-hybridized carbons (Fsp3) is 1.00. The lowest BCUT2D eigenvalue weighted by molar-refractivity contribution is 0.366. The second-order valence-electron chi connectivity index (χ2n) is 4.44. The third kappa shape index (κ3) is 5.84. The van der Waals surface area contributed by atoms with E-state index in [1.165, 1.54) is 6.42 Å². The first-order chi connectivity index (χ1) is 5.52. The van der Waals surface area contributed by atoms with E-state index in [2.05, 4.69) is 33.0 Å². The van der Waals surface area contributed by atoms with E-state index in [1.54, 1.807) is 0 Å². The quantitative estimate of drug-likeness (QED) is 0.637. The largest absolute Gasteiger partial charge is 0.316 e. The van der Waals surface area contributed by atoms with Crippen LogP contribution >= 0.6 is 11.6 Å². The van der Waals surface area contributed by atoms with Crippen molar-refractivity contribution in [1.82, 2.24) is 5.32 Å². The number of hydrogen-bond acceptors (Lipinski definition) is 1. The van der Waals surface area contributed by atoms with Gasteiger partial charge in [-0.05, 0) is 17.9 Å². The van der Waals surface area contributed by atoms with Gasteiger partial charge in [-0.15, -0.1) is 11.6 Å². The summed E-state index contributed by atoms with van der Waals surface area (Å²) < 4.78 is 0. The first-order valence-electron chi connectivity index (χ1n) is 4.78. The van der Waals surface area contributed by atoms with Crippen LogP contribution in [0.15, 0.2) is 0 Å². The molecule has 0 fully saturated rings. The van der Waals surface area contributed by atoms with Crippen LogP contribution in [0.5, 0.6) is 0 Å². The van der Waals surface area contributed by atoms with Gasteiger partial charge in [0, 0.05) is 12.4 Å². The molecule has 0 heterocycles. The number of rotatable bonds is 6. The van der Waals surface area contributed by atoms with E-state index in [0.29, 0.717) is 0 Å². The molecule has 1 N–H and O–H groups in total. The molecule has 2 heteroatoms. The van der Waals surface area contributed by atoms with Gasteiger partial charge >= 0.3 is 0 Å². The Morgan fingerprint density at radius 3 is 2.42 bits per heavy atom. The van der Waals surface area contributed by atoms with E-state index < -0.39 is 0 Å². The lowest BCUT2D eigenvalue weighted by Crippen LogP contribution is -2.33. The Balaban J connectivity index is 3.42. The number of hydrogen-bond donors (Lipinski definition) is 1. The molecule has 0 saturated heterocycles. The maximum atomic E-state index is 5.80. The minimum absolute atomic E-state index is 0.231. The second-order valence-corrected chi connectivity index (χ2v) is 4.71. The zero-order valence-electron chi connectivity index (χ0n) is 8.78. The summed E-state index contributed by atoms with van der Waals surface area (Å²) in [5.74, 6) is 1.50. The van der Waals surface area contributed by atoms with E-state index in [9.17, 15) is 0 Å². The third-order valence-corrected chi connectivity index (χ3v) is 2.88. The molecular weight excluding hydrogens is 170 g/mol. The summed E-state index contributed by atoms with van der Waals surface area (Å²) in [6.45, 7) is 11.0. The topological polar surface area (TPSA) is 12.0 Å². The molecule has 0 saturated carbocycles. The van der Waals surface area contributed by atoms with E-state index in [0.717, 1.165) is 24.9 Å². The highest BCUT2D eigenvalue weighted by Crippen LogP contribution is 2.15. The van der Waals surface area contributed by atoms with Crippen molar-refractivity contribution in [2.75, 3.05) is 19.0 Å². The molecule has 1 atom stereocenters. The van der Waals surface area contributed by atoms with Crippen molar-refractivity contribution in [2.45, 2.75) is 34.1 Å². The molecule has 0 aliphatic heterocycles. The van der Waals surface area contributed by atoms with Crippen LogP contribution < -0.4 is 5.32 Å². The monoisotopic (exact) mass is 191 g/mol.